The normalized spacial score (nSPS) is 23.2. The van der Waals surface area contributed by atoms with Crippen LogP contribution in [0.2, 0.25) is 0 Å². The molecule has 102 valence electrons. The molecule has 1 saturated heterocycles. The van der Waals surface area contributed by atoms with Crippen molar-refractivity contribution in [1.29, 1.82) is 0 Å². The first kappa shape index (κ1) is 12.6. The predicted octanol–water partition coefficient (Wildman–Crippen LogP) is 1.53. The molecule has 0 amide bonds. The lowest BCUT2D eigenvalue weighted by atomic mass is 9.96. The molecule has 1 aromatic heterocycles. The minimum atomic E-state index is 0.220. The lowest BCUT2D eigenvalue weighted by Crippen LogP contribution is -2.49. The van der Waals surface area contributed by atoms with Crippen molar-refractivity contribution in [2.24, 2.45) is 0 Å². The molecule has 0 aliphatic carbocycles. The van der Waals surface area contributed by atoms with Gasteiger partial charge in [-0.05, 0) is 51.6 Å². The number of likely N-dealkylation sites (N-methyl/N-ethyl adjacent to an activating group) is 1. The molecule has 1 atom stereocenters. The maximum atomic E-state index is 4.13. The monoisotopic (exact) mass is 259 g/mol. The van der Waals surface area contributed by atoms with Gasteiger partial charge in [-0.3, -0.25) is 4.90 Å². The average Bonchev–Trinajstić information content (AvgIpc) is 2.93. The van der Waals surface area contributed by atoms with Gasteiger partial charge < -0.3 is 5.32 Å². The molecule has 19 heavy (non-hydrogen) atoms. The second-order valence-electron chi connectivity index (χ2n) is 5.94. The lowest BCUT2D eigenvalue weighted by molar-refractivity contribution is 0.186. The van der Waals surface area contributed by atoms with E-state index < -0.39 is 0 Å². The van der Waals surface area contributed by atoms with Crippen LogP contribution in [0.5, 0.6) is 0 Å². The Morgan fingerprint density at radius 3 is 2.89 bits per heavy atom. The Morgan fingerprint density at radius 2 is 2.16 bits per heavy atom. The van der Waals surface area contributed by atoms with Gasteiger partial charge in [0.15, 0.2) is 0 Å². The minimum Gasteiger partial charge on any atom is -0.308 e. The predicted molar refractivity (Wildman–Crippen MR) is 75.8 cm³/mol. The fourth-order valence-electron chi connectivity index (χ4n) is 2.82. The van der Waals surface area contributed by atoms with Crippen molar-refractivity contribution in [2.75, 3.05) is 13.6 Å². The van der Waals surface area contributed by atoms with Crippen LogP contribution in [0.4, 0.5) is 0 Å². The molecule has 1 aromatic carbocycles. The van der Waals surface area contributed by atoms with Crippen molar-refractivity contribution in [2.45, 2.75) is 38.4 Å². The fraction of sp³-hybridized carbons (Fsp3) is 0.571. The Kier molecular flexibility index (Phi) is 3.03. The van der Waals surface area contributed by atoms with Crippen LogP contribution in [0.15, 0.2) is 18.2 Å². The number of fused-ring (bicyclic) bond motifs is 1. The van der Waals surface area contributed by atoms with Crippen LogP contribution >= 0.6 is 0 Å². The van der Waals surface area contributed by atoms with Gasteiger partial charge in [-0.15, -0.1) is 0 Å². The van der Waals surface area contributed by atoms with E-state index in [0.717, 1.165) is 24.1 Å². The second kappa shape index (κ2) is 4.58. The van der Waals surface area contributed by atoms with Crippen molar-refractivity contribution >= 4 is 11.0 Å². The van der Waals surface area contributed by atoms with E-state index in [1.165, 1.54) is 12.0 Å². The van der Waals surface area contributed by atoms with Crippen molar-refractivity contribution in [3.8, 4) is 0 Å². The zero-order chi connectivity index (χ0) is 13.5. The summed E-state index contributed by atoms with van der Waals surface area (Å²) in [7, 11) is 2.20. The summed E-state index contributed by atoms with van der Waals surface area (Å²) in [5.41, 5.74) is 3.33. The summed E-state index contributed by atoms with van der Waals surface area (Å²) in [5.74, 6) is 0. The molecular formula is C14H21N5. The molecule has 5 nitrogen and oxygen atoms in total. The number of likely N-dealkylation sites (tertiary alicyclic amines) is 1. The van der Waals surface area contributed by atoms with Crippen molar-refractivity contribution in [3.63, 3.8) is 0 Å². The lowest BCUT2D eigenvalue weighted by Gasteiger charge is -2.34. The molecule has 0 bridgehead atoms. The number of aromatic amines is 1. The molecule has 1 aliphatic rings. The highest BCUT2D eigenvalue weighted by molar-refractivity contribution is 5.74. The Labute approximate surface area is 113 Å². The van der Waals surface area contributed by atoms with Crippen LogP contribution < -0.4 is 5.32 Å². The highest BCUT2D eigenvalue weighted by Gasteiger charge is 2.38. The SMILES string of the molecule is CN1CCC(NCc2ccc3n[nH]nc3c2)C1(C)C. The number of benzene rings is 1. The Balaban J connectivity index is 1.69. The quantitative estimate of drug-likeness (QED) is 0.877. The highest BCUT2D eigenvalue weighted by Crippen LogP contribution is 2.27. The van der Waals surface area contributed by atoms with Crippen LogP contribution in [0, 0.1) is 0 Å². The standard InChI is InChI=1S/C14H21N5/c1-14(2)13(6-7-19(14)3)15-9-10-4-5-11-12(8-10)17-18-16-11/h4-5,8,13,15H,6-7,9H2,1-3H3,(H,16,17,18). The zero-order valence-corrected chi connectivity index (χ0v) is 11.8. The molecule has 2 aromatic rings. The van der Waals surface area contributed by atoms with E-state index in [9.17, 15) is 0 Å². The van der Waals surface area contributed by atoms with Crippen molar-refractivity contribution in [3.05, 3.63) is 23.8 Å². The summed E-state index contributed by atoms with van der Waals surface area (Å²) in [6.45, 7) is 6.65. The number of hydrogen-bond acceptors (Lipinski definition) is 4. The van der Waals surface area contributed by atoms with E-state index in [4.69, 9.17) is 0 Å². The summed E-state index contributed by atoms with van der Waals surface area (Å²) < 4.78 is 0. The first-order valence-electron chi connectivity index (χ1n) is 6.81. The van der Waals surface area contributed by atoms with E-state index in [1.807, 2.05) is 6.07 Å². The first-order chi connectivity index (χ1) is 9.07. The Bertz CT molecular complexity index is 574. The van der Waals surface area contributed by atoms with Crippen molar-refractivity contribution < 1.29 is 0 Å². The van der Waals surface area contributed by atoms with Crippen LogP contribution in [-0.4, -0.2) is 45.5 Å². The number of nitrogens with zero attached hydrogens (tertiary/aromatic N) is 3. The summed E-state index contributed by atoms with van der Waals surface area (Å²) in [6, 6.07) is 6.76. The molecule has 0 spiro atoms. The molecular weight excluding hydrogens is 238 g/mol. The van der Waals surface area contributed by atoms with E-state index in [2.05, 4.69) is 58.7 Å². The summed E-state index contributed by atoms with van der Waals surface area (Å²) >= 11 is 0. The minimum absolute atomic E-state index is 0.220. The molecule has 0 radical (unpaired) electrons. The summed E-state index contributed by atoms with van der Waals surface area (Å²) in [4.78, 5) is 2.42. The van der Waals surface area contributed by atoms with Gasteiger partial charge in [0.1, 0.15) is 11.0 Å². The second-order valence-corrected chi connectivity index (χ2v) is 5.94. The highest BCUT2D eigenvalue weighted by atomic mass is 15.3. The summed E-state index contributed by atoms with van der Waals surface area (Å²) in [5, 5.41) is 14.5. The van der Waals surface area contributed by atoms with Gasteiger partial charge >= 0.3 is 0 Å². The van der Waals surface area contributed by atoms with Crippen LogP contribution in [0.1, 0.15) is 25.8 Å². The third kappa shape index (κ3) is 2.24. The third-order valence-electron chi connectivity index (χ3n) is 4.52. The van der Waals surface area contributed by atoms with Crippen LogP contribution in [0.25, 0.3) is 11.0 Å². The topological polar surface area (TPSA) is 56.8 Å². The summed E-state index contributed by atoms with van der Waals surface area (Å²) in [6.07, 6.45) is 1.20. The third-order valence-corrected chi connectivity index (χ3v) is 4.52. The Morgan fingerprint density at radius 1 is 1.37 bits per heavy atom. The molecule has 2 heterocycles. The molecule has 3 rings (SSSR count). The molecule has 1 aliphatic heterocycles. The van der Waals surface area contributed by atoms with Gasteiger partial charge in [0.05, 0.1) is 0 Å². The zero-order valence-electron chi connectivity index (χ0n) is 11.8. The molecule has 0 saturated carbocycles. The maximum absolute atomic E-state index is 4.13. The van der Waals surface area contributed by atoms with Crippen LogP contribution in [-0.2, 0) is 6.54 Å². The number of H-pyrrole nitrogens is 1. The van der Waals surface area contributed by atoms with Gasteiger partial charge in [-0.1, -0.05) is 6.07 Å². The fourth-order valence-corrected chi connectivity index (χ4v) is 2.82. The molecule has 1 unspecified atom stereocenters. The average molecular weight is 259 g/mol. The number of nitrogens with one attached hydrogen (secondary N) is 2. The van der Waals surface area contributed by atoms with Gasteiger partial charge in [-0.2, -0.15) is 15.4 Å². The van der Waals surface area contributed by atoms with Crippen LogP contribution in [0.3, 0.4) is 0 Å². The van der Waals surface area contributed by atoms with E-state index in [1.54, 1.807) is 0 Å². The van der Waals surface area contributed by atoms with E-state index >= 15 is 0 Å². The largest absolute Gasteiger partial charge is 0.308 e. The Hall–Kier alpha value is -1.46. The maximum Gasteiger partial charge on any atom is 0.113 e. The smallest absolute Gasteiger partial charge is 0.113 e. The molecule has 2 N–H and O–H groups in total. The number of rotatable bonds is 3. The number of aromatic nitrogens is 3. The van der Waals surface area contributed by atoms with E-state index in [0.29, 0.717) is 6.04 Å². The first-order valence-corrected chi connectivity index (χ1v) is 6.81. The van der Waals surface area contributed by atoms with Gasteiger partial charge in [0.2, 0.25) is 0 Å². The molecule has 5 heteroatoms. The van der Waals surface area contributed by atoms with Gasteiger partial charge in [0, 0.05) is 18.1 Å². The van der Waals surface area contributed by atoms with Gasteiger partial charge in [-0.25, -0.2) is 0 Å². The van der Waals surface area contributed by atoms with Gasteiger partial charge in [0.25, 0.3) is 0 Å². The van der Waals surface area contributed by atoms with E-state index in [-0.39, 0.29) is 5.54 Å². The molecule has 1 fully saturated rings. The number of hydrogen-bond donors (Lipinski definition) is 2. The van der Waals surface area contributed by atoms with Crippen molar-refractivity contribution in [1.82, 2.24) is 25.6 Å².